The molecule has 1 aromatic carbocycles. The highest BCUT2D eigenvalue weighted by Crippen LogP contribution is 2.23. The van der Waals surface area contributed by atoms with Gasteiger partial charge < -0.3 is 4.74 Å². The number of ketones is 1. The van der Waals surface area contributed by atoms with Crippen LogP contribution >= 0.6 is 0 Å². The van der Waals surface area contributed by atoms with Crippen LogP contribution < -0.4 is 0 Å². The highest BCUT2D eigenvalue weighted by Gasteiger charge is 2.38. The van der Waals surface area contributed by atoms with Crippen molar-refractivity contribution in [3.05, 3.63) is 48.3 Å². The molecule has 0 bridgehead atoms. The number of hydrogen-bond acceptors (Lipinski definition) is 5. The van der Waals surface area contributed by atoms with Gasteiger partial charge >= 0.3 is 5.97 Å². The van der Waals surface area contributed by atoms with Crippen LogP contribution in [0.5, 0.6) is 0 Å². The third kappa shape index (κ3) is 4.65. The number of Topliss-reactive ketones (excluding diaryl/α,β-unsaturated/α-hetero) is 1. The summed E-state index contributed by atoms with van der Waals surface area (Å²) in [4.78, 5) is 42.4. The highest BCUT2D eigenvalue weighted by molar-refractivity contribution is 6.38. The Balaban J connectivity index is 2.00. The van der Waals surface area contributed by atoms with Gasteiger partial charge in [-0.1, -0.05) is 51.1 Å². The minimum Gasteiger partial charge on any atom is -0.464 e. The first-order chi connectivity index (χ1) is 12.4. The van der Waals surface area contributed by atoms with E-state index in [2.05, 4.69) is 4.99 Å². The van der Waals surface area contributed by atoms with Crippen molar-refractivity contribution in [3.8, 4) is 0 Å². The third-order valence-electron chi connectivity index (χ3n) is 4.49. The van der Waals surface area contributed by atoms with E-state index in [0.29, 0.717) is 12.8 Å². The molecule has 1 aromatic rings. The lowest BCUT2D eigenvalue weighted by atomic mass is 9.84. The lowest BCUT2D eigenvalue weighted by Gasteiger charge is -2.29. The number of carbonyl (C=O) groups is 3. The number of esters is 1. The van der Waals surface area contributed by atoms with Crippen LogP contribution in [-0.2, 0) is 25.5 Å². The quantitative estimate of drug-likeness (QED) is 0.556. The molecule has 0 fully saturated rings. The molecule has 1 aliphatic heterocycles. The molecule has 0 N–H and O–H groups in total. The van der Waals surface area contributed by atoms with Crippen molar-refractivity contribution in [2.75, 3.05) is 6.61 Å². The molecule has 1 amide bonds. The first-order valence-corrected chi connectivity index (χ1v) is 8.64. The zero-order valence-corrected chi connectivity index (χ0v) is 15.3. The van der Waals surface area contributed by atoms with E-state index in [0.717, 1.165) is 10.5 Å². The maximum atomic E-state index is 12.6. The Morgan fingerprint density at radius 1 is 1.19 bits per heavy atom. The third-order valence-corrected chi connectivity index (χ3v) is 4.49. The van der Waals surface area contributed by atoms with Crippen molar-refractivity contribution in [3.63, 3.8) is 0 Å². The summed E-state index contributed by atoms with van der Waals surface area (Å²) in [6, 6.07) is 8.60. The first kappa shape index (κ1) is 19.6. The number of nitrogens with zero attached hydrogens (tertiary/aromatic N) is 2. The summed E-state index contributed by atoms with van der Waals surface area (Å²) in [5, 5.41) is 0. The molecule has 6 heteroatoms. The standard InChI is InChI=1S/C20H24N2O4/c1-4-20(2,3)17(23)18(24)22-12-11-21-14-16(22)19(25)26-13-10-15-8-6-5-7-9-15/h5-9,11-12,14,16H,4,10,13H2,1-3H3. The van der Waals surface area contributed by atoms with Crippen LogP contribution in [0.1, 0.15) is 32.8 Å². The predicted molar refractivity (Wildman–Crippen MR) is 98.5 cm³/mol. The molecule has 138 valence electrons. The summed E-state index contributed by atoms with van der Waals surface area (Å²) in [7, 11) is 0. The second-order valence-corrected chi connectivity index (χ2v) is 6.72. The number of aliphatic imine (C=N–C) groups is 1. The van der Waals surface area contributed by atoms with Gasteiger partial charge in [0.2, 0.25) is 5.78 Å². The molecule has 0 saturated carbocycles. The number of carbonyl (C=O) groups excluding carboxylic acids is 3. The monoisotopic (exact) mass is 356 g/mol. The van der Waals surface area contributed by atoms with Gasteiger partial charge in [-0.05, 0) is 12.0 Å². The van der Waals surface area contributed by atoms with Gasteiger partial charge in [-0.25, -0.2) is 4.79 Å². The summed E-state index contributed by atoms with van der Waals surface area (Å²) >= 11 is 0. The second-order valence-electron chi connectivity index (χ2n) is 6.72. The maximum Gasteiger partial charge on any atom is 0.334 e. The molecule has 1 unspecified atom stereocenters. The minimum atomic E-state index is -1.03. The van der Waals surface area contributed by atoms with E-state index in [4.69, 9.17) is 4.74 Å². The summed E-state index contributed by atoms with van der Waals surface area (Å²) in [5.41, 5.74) is 0.256. The van der Waals surface area contributed by atoms with Gasteiger partial charge in [-0.2, -0.15) is 0 Å². The minimum absolute atomic E-state index is 0.188. The Kier molecular flexibility index (Phi) is 6.44. The Morgan fingerprint density at radius 3 is 2.54 bits per heavy atom. The van der Waals surface area contributed by atoms with Crippen LogP contribution in [0.2, 0.25) is 0 Å². The molecule has 0 spiro atoms. The van der Waals surface area contributed by atoms with Crippen molar-refractivity contribution < 1.29 is 19.1 Å². The number of hydrogen-bond donors (Lipinski definition) is 0. The van der Waals surface area contributed by atoms with E-state index in [1.807, 2.05) is 37.3 Å². The van der Waals surface area contributed by atoms with Gasteiger partial charge in [-0.15, -0.1) is 0 Å². The average Bonchev–Trinajstić information content (AvgIpc) is 2.67. The molecule has 1 atom stereocenters. The number of amides is 1. The smallest absolute Gasteiger partial charge is 0.334 e. The largest absolute Gasteiger partial charge is 0.464 e. The molecule has 0 aliphatic carbocycles. The van der Waals surface area contributed by atoms with Gasteiger partial charge in [0.15, 0.2) is 6.04 Å². The van der Waals surface area contributed by atoms with E-state index in [9.17, 15) is 14.4 Å². The van der Waals surface area contributed by atoms with E-state index in [-0.39, 0.29) is 6.61 Å². The number of rotatable bonds is 7. The van der Waals surface area contributed by atoms with Gasteiger partial charge in [0.25, 0.3) is 5.91 Å². The Bertz CT molecular complexity index is 723. The first-order valence-electron chi connectivity index (χ1n) is 8.64. The maximum absolute atomic E-state index is 12.6. The predicted octanol–water partition coefficient (Wildman–Crippen LogP) is 2.53. The molecular weight excluding hydrogens is 332 g/mol. The fourth-order valence-corrected chi connectivity index (χ4v) is 2.34. The fourth-order valence-electron chi connectivity index (χ4n) is 2.34. The van der Waals surface area contributed by atoms with Crippen LogP contribution in [0.15, 0.2) is 47.7 Å². The van der Waals surface area contributed by atoms with E-state index in [1.54, 1.807) is 13.8 Å². The van der Waals surface area contributed by atoms with Crippen LogP contribution in [0, 0.1) is 5.41 Å². The number of benzene rings is 1. The van der Waals surface area contributed by atoms with Crippen molar-refractivity contribution >= 4 is 23.9 Å². The van der Waals surface area contributed by atoms with Crippen molar-refractivity contribution in [1.29, 1.82) is 0 Å². The molecule has 2 rings (SSSR count). The molecule has 0 radical (unpaired) electrons. The number of ether oxygens (including phenoxy) is 1. The zero-order chi connectivity index (χ0) is 19.2. The topological polar surface area (TPSA) is 76.0 Å². The SMILES string of the molecule is CCC(C)(C)C(=O)C(=O)N1C=CN=CC1C(=O)OCCc1ccccc1. The summed E-state index contributed by atoms with van der Waals surface area (Å²) in [5.74, 6) is -1.88. The molecule has 0 aromatic heterocycles. The van der Waals surface area contributed by atoms with Crippen molar-refractivity contribution in [1.82, 2.24) is 4.90 Å². The molecule has 1 heterocycles. The van der Waals surface area contributed by atoms with Crippen LogP contribution in [-0.4, -0.2) is 41.4 Å². The average molecular weight is 356 g/mol. The van der Waals surface area contributed by atoms with Crippen LogP contribution in [0.3, 0.4) is 0 Å². The second kappa shape index (κ2) is 8.56. The summed E-state index contributed by atoms with van der Waals surface area (Å²) in [6.07, 6.45) is 5.12. The Labute approximate surface area is 153 Å². The zero-order valence-electron chi connectivity index (χ0n) is 15.3. The van der Waals surface area contributed by atoms with E-state index >= 15 is 0 Å². The van der Waals surface area contributed by atoms with Gasteiger partial charge in [0.1, 0.15) is 0 Å². The normalized spacial score (nSPS) is 16.4. The molecule has 26 heavy (non-hydrogen) atoms. The fraction of sp³-hybridized carbons (Fsp3) is 0.400. The molecule has 6 nitrogen and oxygen atoms in total. The van der Waals surface area contributed by atoms with Crippen LogP contribution in [0.25, 0.3) is 0 Å². The lowest BCUT2D eigenvalue weighted by Crippen LogP contribution is -2.50. The van der Waals surface area contributed by atoms with Gasteiger partial charge in [0, 0.05) is 30.5 Å². The van der Waals surface area contributed by atoms with E-state index < -0.39 is 29.1 Å². The summed E-state index contributed by atoms with van der Waals surface area (Å²) < 4.78 is 5.29. The summed E-state index contributed by atoms with van der Waals surface area (Å²) in [6.45, 7) is 5.45. The highest BCUT2D eigenvalue weighted by atomic mass is 16.5. The van der Waals surface area contributed by atoms with Gasteiger partial charge in [0.05, 0.1) is 6.61 Å². The molecular formula is C20H24N2O4. The van der Waals surface area contributed by atoms with Gasteiger partial charge in [-0.3, -0.25) is 19.5 Å². The Hall–Kier alpha value is -2.76. The Morgan fingerprint density at radius 2 is 1.88 bits per heavy atom. The molecule has 1 aliphatic rings. The van der Waals surface area contributed by atoms with Crippen molar-refractivity contribution in [2.45, 2.75) is 39.7 Å². The van der Waals surface area contributed by atoms with E-state index in [1.165, 1.54) is 18.6 Å². The van der Waals surface area contributed by atoms with Crippen molar-refractivity contribution in [2.24, 2.45) is 10.4 Å². The lowest BCUT2D eigenvalue weighted by molar-refractivity contribution is -0.154. The molecule has 0 saturated heterocycles. The van der Waals surface area contributed by atoms with Crippen LogP contribution in [0.4, 0.5) is 0 Å².